The van der Waals surface area contributed by atoms with Crippen molar-refractivity contribution in [3.8, 4) is 0 Å². The maximum atomic E-state index is 13.0. The quantitative estimate of drug-likeness (QED) is 0.0217. The van der Waals surface area contributed by atoms with E-state index >= 15 is 0 Å². The first-order valence-corrected chi connectivity index (χ1v) is 23.5. The van der Waals surface area contributed by atoms with E-state index in [-0.39, 0.29) is 48.3 Å². The molecule has 310 valence electrons. The third-order valence-corrected chi connectivity index (χ3v) is 10.9. The third-order valence-electron chi connectivity index (χ3n) is 10.00. The van der Waals surface area contributed by atoms with Crippen LogP contribution < -0.4 is 29.6 Å². The zero-order valence-electron chi connectivity index (χ0n) is 35.4. The van der Waals surface area contributed by atoms with Crippen LogP contribution in [-0.4, -0.2) is 38.1 Å². The van der Waals surface area contributed by atoms with Gasteiger partial charge in [-0.15, -0.1) is 0 Å². The Labute approximate surface area is 359 Å². The van der Waals surface area contributed by atoms with Crippen molar-refractivity contribution < 1.29 is 61.6 Å². The fraction of sp³-hybridized carbons (Fsp3) is 0.739. The normalized spacial score (nSPS) is 11.7. The second-order valence-corrected chi connectivity index (χ2v) is 16.3. The average Bonchev–Trinajstić information content (AvgIpc) is 3.16. The first-order valence-electron chi connectivity index (χ1n) is 22.1. The molecule has 0 fully saturated rings. The Bertz CT molecular complexity index is 1240. The molecule has 7 nitrogen and oxygen atoms in total. The van der Waals surface area contributed by atoms with Crippen molar-refractivity contribution in [2.45, 2.75) is 211 Å². The summed E-state index contributed by atoms with van der Waals surface area (Å²) in [4.78, 5) is 25.2. The number of hydrogen-bond acceptors (Lipinski definition) is 7. The zero-order valence-corrected chi connectivity index (χ0v) is 38.3. The minimum Gasteiger partial charge on any atom is -0.744 e. The first kappa shape index (κ1) is 53.6. The number of benzene rings is 1. The molecule has 0 bridgehead atoms. The predicted octanol–water partition coefficient (Wildman–Crippen LogP) is 10.8. The van der Waals surface area contributed by atoms with E-state index in [1.807, 2.05) is 0 Å². The van der Waals surface area contributed by atoms with Gasteiger partial charge in [-0.25, -0.2) is 18.0 Å². The van der Waals surface area contributed by atoms with Crippen LogP contribution in [0.15, 0.2) is 47.4 Å². The van der Waals surface area contributed by atoms with Crippen LogP contribution >= 0.6 is 0 Å². The van der Waals surface area contributed by atoms with Crippen LogP contribution in [0.4, 0.5) is 0 Å². The summed E-state index contributed by atoms with van der Waals surface area (Å²) in [5.41, 5.74) is -0.789. The monoisotopic (exact) mass is 797 g/mol. The summed E-state index contributed by atoms with van der Waals surface area (Å²) in [6.07, 6.45) is 44.6. The summed E-state index contributed by atoms with van der Waals surface area (Å²) in [7, 11) is -5.02. The van der Waals surface area contributed by atoms with Gasteiger partial charge in [-0.1, -0.05) is 173 Å². The fourth-order valence-electron chi connectivity index (χ4n) is 6.65. The molecule has 1 aromatic rings. The molecule has 0 spiro atoms. The molecular weight excluding hydrogens is 720 g/mol. The molecule has 0 aliphatic carbocycles. The van der Waals surface area contributed by atoms with Crippen LogP contribution in [-0.2, 0) is 19.6 Å². The summed E-state index contributed by atoms with van der Waals surface area (Å²) in [6.45, 7) is 4.74. The Morgan fingerprint density at radius 3 is 1.20 bits per heavy atom. The molecule has 0 amide bonds. The van der Waals surface area contributed by atoms with Gasteiger partial charge < -0.3 is 14.0 Å². The van der Waals surface area contributed by atoms with Gasteiger partial charge in [-0.3, -0.25) is 0 Å². The van der Waals surface area contributed by atoms with E-state index in [2.05, 4.69) is 38.2 Å². The standard InChI is InChI=1S/C46H78O7S.Na/c1-3-5-7-9-11-13-15-17-19-21-23-25-27-29-31-33-35-40-52-45(47)42-38-37-39-43(54(49,50)51)44(42)46(48)53-41-36-34-32-30-28-26-24-22-20-18-16-14-12-10-8-6-4-2;/h19-22,37-39H,3-18,23-36,40-41H2,1-2H3,(H,49,50,51);/q;+1/p-1/b21-19+,22-20+;. The Morgan fingerprint density at radius 1 is 0.509 bits per heavy atom. The largest absolute Gasteiger partial charge is 1.00 e. The van der Waals surface area contributed by atoms with E-state index in [4.69, 9.17) is 9.47 Å². The molecule has 0 radical (unpaired) electrons. The molecule has 0 unspecified atom stereocenters. The molecule has 0 aliphatic heterocycles. The van der Waals surface area contributed by atoms with Crippen molar-refractivity contribution in [1.82, 2.24) is 0 Å². The minimum atomic E-state index is -5.02. The summed E-state index contributed by atoms with van der Waals surface area (Å²) < 4.78 is 46.7. The molecule has 0 saturated carbocycles. The van der Waals surface area contributed by atoms with Gasteiger partial charge in [0, 0.05) is 0 Å². The van der Waals surface area contributed by atoms with Gasteiger partial charge in [0.25, 0.3) is 0 Å². The number of hydrogen-bond donors (Lipinski definition) is 0. The van der Waals surface area contributed by atoms with E-state index in [1.165, 1.54) is 134 Å². The Morgan fingerprint density at radius 2 is 0.836 bits per heavy atom. The zero-order chi connectivity index (χ0) is 39.4. The smallest absolute Gasteiger partial charge is 0.744 e. The number of ether oxygens (including phenoxy) is 2. The van der Waals surface area contributed by atoms with Crippen molar-refractivity contribution in [2.75, 3.05) is 13.2 Å². The average molecular weight is 797 g/mol. The van der Waals surface area contributed by atoms with Crippen molar-refractivity contribution in [2.24, 2.45) is 0 Å². The van der Waals surface area contributed by atoms with Crippen LogP contribution in [0.1, 0.15) is 227 Å². The predicted molar refractivity (Wildman–Crippen MR) is 223 cm³/mol. The molecule has 9 heteroatoms. The molecule has 1 aromatic carbocycles. The number of rotatable bonds is 37. The van der Waals surface area contributed by atoms with Gasteiger partial charge >= 0.3 is 41.5 Å². The molecule has 55 heavy (non-hydrogen) atoms. The summed E-state index contributed by atoms with van der Waals surface area (Å²) in [6, 6.07) is 3.61. The van der Waals surface area contributed by atoms with Crippen LogP contribution in [0.25, 0.3) is 0 Å². The molecule has 0 heterocycles. The van der Waals surface area contributed by atoms with Crippen molar-refractivity contribution in [3.05, 3.63) is 53.6 Å². The van der Waals surface area contributed by atoms with Crippen molar-refractivity contribution in [1.29, 1.82) is 0 Å². The Balaban J connectivity index is 0.0000292. The van der Waals surface area contributed by atoms with Gasteiger partial charge in [0.05, 0.1) is 29.2 Å². The van der Waals surface area contributed by atoms with E-state index in [0.29, 0.717) is 12.8 Å². The summed E-state index contributed by atoms with van der Waals surface area (Å²) >= 11 is 0. The number of unbranched alkanes of at least 4 members (excludes halogenated alkanes) is 26. The van der Waals surface area contributed by atoms with Gasteiger partial charge in [0.1, 0.15) is 10.1 Å². The van der Waals surface area contributed by atoms with Crippen LogP contribution in [0.3, 0.4) is 0 Å². The van der Waals surface area contributed by atoms with Crippen LogP contribution in [0, 0.1) is 0 Å². The third kappa shape index (κ3) is 30.3. The maximum Gasteiger partial charge on any atom is 1.00 e. The topological polar surface area (TPSA) is 110 Å². The molecule has 0 N–H and O–H groups in total. The number of allylic oxidation sites excluding steroid dienone is 4. The van der Waals surface area contributed by atoms with Gasteiger partial charge in [-0.2, -0.15) is 0 Å². The maximum absolute atomic E-state index is 13.0. The van der Waals surface area contributed by atoms with E-state index in [1.54, 1.807) is 0 Å². The van der Waals surface area contributed by atoms with Gasteiger partial charge in [0.2, 0.25) is 0 Å². The van der Waals surface area contributed by atoms with Gasteiger partial charge in [0.15, 0.2) is 0 Å². The molecule has 1 rings (SSSR count). The first-order chi connectivity index (χ1) is 26.3. The minimum absolute atomic E-state index is 0. The van der Waals surface area contributed by atoms with E-state index in [0.717, 1.165) is 63.9 Å². The summed E-state index contributed by atoms with van der Waals surface area (Å²) in [5, 5.41) is 0. The fourth-order valence-corrected chi connectivity index (χ4v) is 7.34. The number of carbonyl (C=O) groups excluding carboxylic acids is 2. The van der Waals surface area contributed by atoms with Crippen molar-refractivity contribution in [3.63, 3.8) is 0 Å². The van der Waals surface area contributed by atoms with E-state index in [9.17, 15) is 22.6 Å². The second-order valence-electron chi connectivity index (χ2n) is 15.0. The Kier molecular flexibility index (Phi) is 37.1. The van der Waals surface area contributed by atoms with E-state index < -0.39 is 32.5 Å². The summed E-state index contributed by atoms with van der Waals surface area (Å²) in [5.74, 6) is -1.82. The Hall–Kier alpha value is -1.45. The number of esters is 2. The molecule has 0 aliphatic rings. The second kappa shape index (κ2) is 38.1. The molecule has 0 saturated heterocycles. The SMILES string of the molecule is CCCCCCCCC/C=C/CCCCCCCCOC(=O)c1cccc(S(=O)(=O)[O-])c1C(=O)OCCCCCCCC/C=C/CCCCCCCCC.[Na+]. The number of carbonyl (C=O) groups is 2. The molecular formula is C46H77NaO7S. The van der Waals surface area contributed by atoms with Crippen LogP contribution in [0.5, 0.6) is 0 Å². The molecule has 0 aromatic heterocycles. The van der Waals surface area contributed by atoms with Crippen LogP contribution in [0.2, 0.25) is 0 Å². The van der Waals surface area contributed by atoms with Gasteiger partial charge in [-0.05, 0) is 76.3 Å². The molecule has 0 atom stereocenters. The van der Waals surface area contributed by atoms with Crippen molar-refractivity contribution >= 4 is 22.1 Å².